The fraction of sp³-hybridized carbons (Fsp3) is 0.364. The Morgan fingerprint density at radius 1 is 1.62 bits per heavy atom. The van der Waals surface area contributed by atoms with Crippen molar-refractivity contribution in [1.29, 1.82) is 0 Å². The number of thioether (sulfide) groups is 1. The first-order valence-electron chi connectivity index (χ1n) is 4.93. The number of carbonyl (C=O) groups excluding carboxylic acids is 1. The molecular formula is C11H12FNO2S. The first-order chi connectivity index (χ1) is 7.70. The molecule has 0 radical (unpaired) electrons. The Morgan fingerprint density at radius 2 is 2.44 bits per heavy atom. The summed E-state index contributed by atoms with van der Waals surface area (Å²) < 4.78 is 17.9. The second-order valence-corrected chi connectivity index (χ2v) is 4.66. The van der Waals surface area contributed by atoms with Gasteiger partial charge in [0.25, 0.3) is 0 Å². The topological polar surface area (TPSA) is 38.3 Å². The molecule has 16 heavy (non-hydrogen) atoms. The zero-order valence-electron chi connectivity index (χ0n) is 8.83. The van der Waals surface area contributed by atoms with Gasteiger partial charge in [0.05, 0.1) is 12.7 Å². The van der Waals surface area contributed by atoms with Crippen LogP contribution >= 0.6 is 11.8 Å². The summed E-state index contributed by atoms with van der Waals surface area (Å²) in [4.78, 5) is 12.1. The van der Waals surface area contributed by atoms with E-state index in [2.05, 4.69) is 10.1 Å². The average Bonchev–Trinajstić information content (AvgIpc) is 2.47. The van der Waals surface area contributed by atoms with Gasteiger partial charge in [-0.1, -0.05) is 17.8 Å². The molecule has 0 saturated heterocycles. The standard InChI is InChI=1S/C11H12FNO2S/c1-15-11(14)7-2-3-8-5-13-6-10(12)16-9(8)4-7/h2-4,10,13H,5-6H2,1H3. The third kappa shape index (κ3) is 2.36. The third-order valence-corrected chi connectivity index (χ3v) is 3.42. The smallest absolute Gasteiger partial charge is 0.337 e. The van der Waals surface area contributed by atoms with Crippen molar-refractivity contribution in [2.24, 2.45) is 0 Å². The second-order valence-electron chi connectivity index (χ2n) is 3.47. The lowest BCUT2D eigenvalue weighted by Gasteiger charge is -2.07. The molecule has 1 aromatic rings. The second kappa shape index (κ2) is 4.84. The molecule has 0 fully saturated rings. The largest absolute Gasteiger partial charge is 0.465 e. The lowest BCUT2D eigenvalue weighted by Crippen LogP contribution is -2.18. The SMILES string of the molecule is COC(=O)c1ccc2c(c1)SC(F)CNC2. The van der Waals surface area contributed by atoms with Crippen LogP contribution in [0.3, 0.4) is 0 Å². The monoisotopic (exact) mass is 241 g/mol. The van der Waals surface area contributed by atoms with Crippen LogP contribution in [-0.4, -0.2) is 25.1 Å². The van der Waals surface area contributed by atoms with Crippen LogP contribution in [0.4, 0.5) is 4.39 Å². The number of ether oxygens (including phenoxy) is 1. The highest BCUT2D eigenvalue weighted by molar-refractivity contribution is 7.99. The molecule has 1 aromatic carbocycles. The van der Waals surface area contributed by atoms with Crippen LogP contribution in [0, 0.1) is 0 Å². The zero-order chi connectivity index (χ0) is 11.5. The van der Waals surface area contributed by atoms with Gasteiger partial charge < -0.3 is 10.1 Å². The first kappa shape index (κ1) is 11.4. The Morgan fingerprint density at radius 3 is 3.19 bits per heavy atom. The molecule has 2 rings (SSSR count). The number of carbonyl (C=O) groups is 1. The zero-order valence-corrected chi connectivity index (χ0v) is 9.64. The predicted molar refractivity (Wildman–Crippen MR) is 60.2 cm³/mol. The number of methoxy groups -OCH3 is 1. The summed E-state index contributed by atoms with van der Waals surface area (Å²) in [7, 11) is 1.33. The van der Waals surface area contributed by atoms with E-state index in [1.165, 1.54) is 7.11 Å². The third-order valence-electron chi connectivity index (χ3n) is 2.36. The number of fused-ring (bicyclic) bond motifs is 1. The number of esters is 1. The summed E-state index contributed by atoms with van der Waals surface area (Å²) in [6.45, 7) is 0.955. The Balaban J connectivity index is 2.33. The number of rotatable bonds is 1. The summed E-state index contributed by atoms with van der Waals surface area (Å²) in [6, 6.07) is 5.22. The summed E-state index contributed by atoms with van der Waals surface area (Å²) in [6.07, 6.45) is 0. The summed E-state index contributed by atoms with van der Waals surface area (Å²) in [5.41, 5.74) is 0.495. The van der Waals surface area contributed by atoms with E-state index in [9.17, 15) is 9.18 Å². The van der Waals surface area contributed by atoms with Gasteiger partial charge in [0.1, 0.15) is 0 Å². The Hall–Kier alpha value is -1.07. The minimum absolute atomic E-state index is 0.326. The molecule has 0 aliphatic carbocycles. The highest BCUT2D eigenvalue weighted by Crippen LogP contribution is 2.30. The first-order valence-corrected chi connectivity index (χ1v) is 5.81. The highest BCUT2D eigenvalue weighted by atomic mass is 32.2. The number of halogens is 1. The van der Waals surface area contributed by atoms with Gasteiger partial charge >= 0.3 is 5.97 Å². The van der Waals surface area contributed by atoms with Crippen LogP contribution in [0.15, 0.2) is 23.1 Å². The van der Waals surface area contributed by atoms with Gasteiger partial charge in [-0.15, -0.1) is 0 Å². The molecule has 0 spiro atoms. The lowest BCUT2D eigenvalue weighted by atomic mass is 10.1. The maximum atomic E-state index is 13.3. The van der Waals surface area contributed by atoms with Crippen LogP contribution in [0.2, 0.25) is 0 Å². The van der Waals surface area contributed by atoms with E-state index in [0.717, 1.165) is 22.2 Å². The van der Waals surface area contributed by atoms with E-state index < -0.39 is 11.5 Å². The van der Waals surface area contributed by atoms with Crippen molar-refractivity contribution in [2.45, 2.75) is 16.9 Å². The van der Waals surface area contributed by atoms with E-state index in [-0.39, 0.29) is 0 Å². The normalized spacial score (nSPS) is 19.8. The molecule has 0 bridgehead atoms. The lowest BCUT2D eigenvalue weighted by molar-refractivity contribution is 0.0600. The molecule has 1 aliphatic rings. The van der Waals surface area contributed by atoms with Crippen molar-refractivity contribution in [3.63, 3.8) is 0 Å². The molecule has 1 atom stereocenters. The van der Waals surface area contributed by atoms with Gasteiger partial charge in [0.15, 0.2) is 5.50 Å². The number of alkyl halides is 1. The fourth-order valence-corrected chi connectivity index (χ4v) is 2.52. The Kier molecular flexibility index (Phi) is 3.46. The Labute approximate surface area is 97.4 Å². The summed E-state index contributed by atoms with van der Waals surface area (Å²) >= 11 is 1.14. The molecule has 0 amide bonds. The maximum Gasteiger partial charge on any atom is 0.337 e. The minimum atomic E-state index is -0.978. The molecule has 0 saturated carbocycles. The fourth-order valence-electron chi connectivity index (χ4n) is 1.55. The molecule has 1 heterocycles. The molecule has 5 heteroatoms. The number of nitrogens with one attached hydrogen (secondary N) is 1. The van der Waals surface area contributed by atoms with Crippen molar-refractivity contribution in [3.8, 4) is 0 Å². The van der Waals surface area contributed by atoms with Crippen molar-refractivity contribution < 1.29 is 13.9 Å². The van der Waals surface area contributed by atoms with Gasteiger partial charge in [0.2, 0.25) is 0 Å². The van der Waals surface area contributed by atoms with Gasteiger partial charge in [-0.2, -0.15) is 0 Å². The van der Waals surface area contributed by atoms with Crippen molar-refractivity contribution in [2.75, 3.05) is 13.7 Å². The van der Waals surface area contributed by atoms with Gasteiger partial charge in [0, 0.05) is 18.0 Å². The Bertz CT molecular complexity index is 411. The summed E-state index contributed by atoms with van der Waals surface area (Å²) in [5.74, 6) is -0.393. The number of hydrogen-bond donors (Lipinski definition) is 1. The quantitative estimate of drug-likeness (QED) is 0.763. The highest BCUT2D eigenvalue weighted by Gasteiger charge is 2.17. The van der Waals surface area contributed by atoms with Crippen LogP contribution in [0.25, 0.3) is 0 Å². The van der Waals surface area contributed by atoms with Gasteiger partial charge in [-0.05, 0) is 17.7 Å². The molecule has 1 aliphatic heterocycles. The molecule has 86 valence electrons. The van der Waals surface area contributed by atoms with E-state index in [1.54, 1.807) is 12.1 Å². The molecule has 0 aromatic heterocycles. The molecule has 1 unspecified atom stereocenters. The van der Waals surface area contributed by atoms with E-state index in [4.69, 9.17) is 0 Å². The van der Waals surface area contributed by atoms with E-state index >= 15 is 0 Å². The van der Waals surface area contributed by atoms with Crippen LogP contribution < -0.4 is 5.32 Å². The maximum absolute atomic E-state index is 13.3. The number of benzene rings is 1. The van der Waals surface area contributed by atoms with Gasteiger partial charge in [-0.25, -0.2) is 9.18 Å². The predicted octanol–water partition coefficient (Wildman–Crippen LogP) is 1.96. The van der Waals surface area contributed by atoms with Crippen molar-refractivity contribution in [1.82, 2.24) is 5.32 Å². The molecular weight excluding hydrogens is 229 g/mol. The number of hydrogen-bond acceptors (Lipinski definition) is 4. The van der Waals surface area contributed by atoms with Crippen molar-refractivity contribution >= 4 is 17.7 Å². The van der Waals surface area contributed by atoms with Crippen LogP contribution in [0.1, 0.15) is 15.9 Å². The minimum Gasteiger partial charge on any atom is -0.465 e. The van der Waals surface area contributed by atoms with Gasteiger partial charge in [-0.3, -0.25) is 0 Å². The average molecular weight is 241 g/mol. The van der Waals surface area contributed by atoms with Crippen LogP contribution in [-0.2, 0) is 11.3 Å². The molecule has 1 N–H and O–H groups in total. The summed E-state index contributed by atoms with van der Waals surface area (Å²) in [5, 5.41) is 3.00. The molecule has 3 nitrogen and oxygen atoms in total. The van der Waals surface area contributed by atoms with Crippen molar-refractivity contribution in [3.05, 3.63) is 29.3 Å². The van der Waals surface area contributed by atoms with E-state index in [1.807, 2.05) is 6.07 Å². The van der Waals surface area contributed by atoms with E-state index in [0.29, 0.717) is 18.7 Å². The van der Waals surface area contributed by atoms with Crippen LogP contribution in [0.5, 0.6) is 0 Å².